The van der Waals surface area contributed by atoms with Gasteiger partial charge in [0.1, 0.15) is 5.75 Å². The average molecular weight is 341 g/mol. The number of hydrogen-bond donors (Lipinski definition) is 1. The van der Waals surface area contributed by atoms with Gasteiger partial charge in [0.15, 0.2) is 11.9 Å². The van der Waals surface area contributed by atoms with Crippen LogP contribution in [-0.4, -0.2) is 23.3 Å². The first-order chi connectivity index (χ1) is 11.9. The molecule has 4 bridgehead atoms. The Hall–Kier alpha value is -1.84. The first-order valence-electron chi connectivity index (χ1n) is 9.52. The molecule has 1 atom stereocenters. The molecule has 1 aromatic carbocycles. The minimum absolute atomic E-state index is 0.00359. The van der Waals surface area contributed by atoms with Crippen LogP contribution in [0.4, 0.5) is 0 Å². The quantitative estimate of drug-likeness (QED) is 0.830. The second kappa shape index (κ2) is 6.15. The van der Waals surface area contributed by atoms with Gasteiger partial charge in [-0.25, -0.2) is 0 Å². The molecular formula is C21H27NO3. The summed E-state index contributed by atoms with van der Waals surface area (Å²) >= 11 is 0. The van der Waals surface area contributed by atoms with Gasteiger partial charge in [-0.2, -0.15) is 0 Å². The SMILES string of the molecule is CC(=O)c1cccc(OC(C)C(=O)NC23CC4CC(CC(C4)C2)C3)c1. The Bertz CT molecular complexity index is 661. The molecule has 0 aliphatic heterocycles. The molecule has 4 aliphatic carbocycles. The zero-order chi connectivity index (χ0) is 17.6. The Morgan fingerprint density at radius 3 is 2.28 bits per heavy atom. The van der Waals surface area contributed by atoms with Gasteiger partial charge in [0.2, 0.25) is 0 Å². The van der Waals surface area contributed by atoms with Gasteiger partial charge < -0.3 is 10.1 Å². The van der Waals surface area contributed by atoms with E-state index in [-0.39, 0.29) is 17.2 Å². The van der Waals surface area contributed by atoms with Crippen LogP contribution in [0.2, 0.25) is 0 Å². The summed E-state index contributed by atoms with van der Waals surface area (Å²) in [4.78, 5) is 24.2. The third-order valence-electron chi connectivity index (χ3n) is 6.35. The van der Waals surface area contributed by atoms with Crippen LogP contribution in [0, 0.1) is 17.8 Å². The van der Waals surface area contributed by atoms with Gasteiger partial charge in [-0.15, -0.1) is 0 Å². The van der Waals surface area contributed by atoms with Crippen LogP contribution in [0.15, 0.2) is 24.3 Å². The molecule has 0 saturated heterocycles. The highest BCUT2D eigenvalue weighted by molar-refractivity contribution is 5.94. The van der Waals surface area contributed by atoms with Crippen molar-refractivity contribution in [1.29, 1.82) is 0 Å². The van der Waals surface area contributed by atoms with Crippen molar-refractivity contribution in [2.24, 2.45) is 17.8 Å². The highest BCUT2D eigenvalue weighted by Crippen LogP contribution is 2.55. The maximum Gasteiger partial charge on any atom is 0.261 e. The van der Waals surface area contributed by atoms with Crippen LogP contribution in [0.1, 0.15) is 62.7 Å². The largest absolute Gasteiger partial charge is 0.481 e. The number of ether oxygens (including phenoxy) is 1. The molecule has 0 spiro atoms. The third-order valence-corrected chi connectivity index (χ3v) is 6.35. The van der Waals surface area contributed by atoms with E-state index in [2.05, 4.69) is 5.32 Å². The van der Waals surface area contributed by atoms with Crippen molar-refractivity contribution < 1.29 is 14.3 Å². The lowest BCUT2D eigenvalue weighted by atomic mass is 9.53. The highest BCUT2D eigenvalue weighted by Gasteiger charge is 2.51. The van der Waals surface area contributed by atoms with Crippen molar-refractivity contribution in [2.75, 3.05) is 0 Å². The number of nitrogens with one attached hydrogen (secondary N) is 1. The predicted octanol–water partition coefficient (Wildman–Crippen LogP) is 3.74. The van der Waals surface area contributed by atoms with E-state index in [4.69, 9.17) is 4.74 Å². The Morgan fingerprint density at radius 2 is 1.72 bits per heavy atom. The third kappa shape index (κ3) is 3.31. The van der Waals surface area contributed by atoms with Crippen LogP contribution >= 0.6 is 0 Å². The summed E-state index contributed by atoms with van der Waals surface area (Å²) in [7, 11) is 0. The zero-order valence-electron chi connectivity index (χ0n) is 15.1. The van der Waals surface area contributed by atoms with E-state index in [1.165, 1.54) is 26.2 Å². The molecule has 1 amide bonds. The molecule has 4 aliphatic rings. The standard InChI is InChI=1S/C21H27NO3/c1-13(23)18-4-3-5-19(9-18)25-14(2)20(24)22-21-10-15-6-16(11-21)8-17(7-15)12-21/h3-5,9,14-17H,6-8,10-12H2,1-2H3,(H,22,24). The number of carbonyl (C=O) groups is 2. The van der Waals surface area contributed by atoms with Crippen LogP contribution in [0.25, 0.3) is 0 Å². The minimum Gasteiger partial charge on any atom is -0.481 e. The summed E-state index contributed by atoms with van der Waals surface area (Å²) in [6.07, 6.45) is 6.93. The topological polar surface area (TPSA) is 55.4 Å². The first kappa shape index (κ1) is 16.6. The molecule has 1 N–H and O–H groups in total. The maximum absolute atomic E-state index is 12.7. The molecule has 134 valence electrons. The Labute approximate surface area is 149 Å². The molecule has 25 heavy (non-hydrogen) atoms. The zero-order valence-corrected chi connectivity index (χ0v) is 15.1. The smallest absolute Gasteiger partial charge is 0.261 e. The van der Waals surface area contributed by atoms with E-state index in [0.29, 0.717) is 11.3 Å². The Balaban J connectivity index is 1.41. The average Bonchev–Trinajstić information content (AvgIpc) is 2.53. The van der Waals surface area contributed by atoms with Crippen LogP contribution in [-0.2, 0) is 4.79 Å². The second-order valence-corrected chi connectivity index (χ2v) is 8.53. The molecule has 1 unspecified atom stereocenters. The second-order valence-electron chi connectivity index (χ2n) is 8.53. The predicted molar refractivity (Wildman–Crippen MR) is 95.6 cm³/mol. The van der Waals surface area contributed by atoms with Crippen molar-refractivity contribution in [2.45, 2.75) is 64.0 Å². The van der Waals surface area contributed by atoms with Gasteiger partial charge in [-0.3, -0.25) is 9.59 Å². The monoisotopic (exact) mass is 341 g/mol. The van der Waals surface area contributed by atoms with E-state index in [1.54, 1.807) is 31.2 Å². The van der Waals surface area contributed by atoms with Crippen molar-refractivity contribution in [1.82, 2.24) is 5.32 Å². The summed E-state index contributed by atoms with van der Waals surface area (Å²) in [6.45, 7) is 3.32. The molecule has 0 aromatic heterocycles. The minimum atomic E-state index is -0.560. The van der Waals surface area contributed by atoms with E-state index >= 15 is 0 Å². The summed E-state index contributed by atoms with van der Waals surface area (Å²) < 4.78 is 5.82. The normalized spacial score (nSPS) is 33.8. The summed E-state index contributed by atoms with van der Waals surface area (Å²) in [5, 5.41) is 3.35. The van der Waals surface area contributed by atoms with Gasteiger partial charge >= 0.3 is 0 Å². The molecular weight excluding hydrogens is 314 g/mol. The number of carbonyl (C=O) groups excluding carboxylic acids is 2. The van der Waals surface area contributed by atoms with Crippen LogP contribution < -0.4 is 10.1 Å². The van der Waals surface area contributed by atoms with Gasteiger partial charge in [0, 0.05) is 11.1 Å². The van der Waals surface area contributed by atoms with Gasteiger partial charge in [0.25, 0.3) is 5.91 Å². The van der Waals surface area contributed by atoms with Crippen molar-refractivity contribution in [3.63, 3.8) is 0 Å². The lowest BCUT2D eigenvalue weighted by Crippen LogP contribution is -2.61. The molecule has 4 saturated carbocycles. The van der Waals surface area contributed by atoms with Gasteiger partial charge in [0.05, 0.1) is 0 Å². The lowest BCUT2D eigenvalue weighted by Gasteiger charge is -2.57. The number of amides is 1. The van der Waals surface area contributed by atoms with E-state index in [0.717, 1.165) is 37.0 Å². The first-order valence-corrected chi connectivity index (χ1v) is 9.52. The van der Waals surface area contributed by atoms with E-state index in [9.17, 15) is 9.59 Å². The maximum atomic E-state index is 12.7. The van der Waals surface area contributed by atoms with Gasteiger partial charge in [-0.1, -0.05) is 12.1 Å². The summed E-state index contributed by atoms with van der Waals surface area (Å²) in [5.74, 6) is 2.94. The van der Waals surface area contributed by atoms with Gasteiger partial charge in [-0.05, 0) is 82.3 Å². The van der Waals surface area contributed by atoms with E-state index in [1.807, 2.05) is 0 Å². The van der Waals surface area contributed by atoms with Crippen molar-refractivity contribution in [3.8, 4) is 5.75 Å². The molecule has 4 fully saturated rings. The molecule has 4 heteroatoms. The fourth-order valence-corrected chi connectivity index (χ4v) is 5.67. The number of rotatable bonds is 5. The van der Waals surface area contributed by atoms with E-state index < -0.39 is 6.10 Å². The Morgan fingerprint density at radius 1 is 1.12 bits per heavy atom. The number of benzene rings is 1. The number of Topliss-reactive ketones (excluding diaryl/α,β-unsaturated/α-hetero) is 1. The highest BCUT2D eigenvalue weighted by atomic mass is 16.5. The fraction of sp³-hybridized carbons (Fsp3) is 0.619. The van der Waals surface area contributed by atoms with Crippen LogP contribution in [0.3, 0.4) is 0 Å². The van der Waals surface area contributed by atoms with Crippen molar-refractivity contribution in [3.05, 3.63) is 29.8 Å². The molecule has 1 aromatic rings. The molecule has 4 nitrogen and oxygen atoms in total. The van der Waals surface area contributed by atoms with Crippen LogP contribution in [0.5, 0.6) is 5.75 Å². The summed E-state index contributed by atoms with van der Waals surface area (Å²) in [6, 6.07) is 7.04. The Kier molecular flexibility index (Phi) is 4.09. The van der Waals surface area contributed by atoms with Crippen molar-refractivity contribution >= 4 is 11.7 Å². The summed E-state index contributed by atoms with van der Waals surface area (Å²) in [5.41, 5.74) is 0.608. The molecule has 5 rings (SSSR count). The lowest BCUT2D eigenvalue weighted by molar-refractivity contribution is -0.133. The fourth-order valence-electron chi connectivity index (χ4n) is 5.67. The molecule has 0 radical (unpaired) electrons. The number of ketones is 1. The molecule has 0 heterocycles. The number of hydrogen-bond acceptors (Lipinski definition) is 3.